The van der Waals surface area contributed by atoms with E-state index in [9.17, 15) is 14.0 Å². The van der Waals surface area contributed by atoms with Gasteiger partial charge >= 0.3 is 6.09 Å². The second-order valence-corrected chi connectivity index (χ2v) is 13.8. The summed E-state index contributed by atoms with van der Waals surface area (Å²) in [5.41, 5.74) is 0.445. The predicted molar refractivity (Wildman–Crippen MR) is 170 cm³/mol. The van der Waals surface area contributed by atoms with Crippen LogP contribution in [0.2, 0.25) is 5.28 Å². The second-order valence-electron chi connectivity index (χ2n) is 13.5. The molecule has 3 heterocycles. The summed E-state index contributed by atoms with van der Waals surface area (Å²) in [6, 6.07) is 3.78. The first kappa shape index (κ1) is 33.1. The SMILES string of the molecule is CC(C)N(C(=O)c1cc(F)ccc1Oc1nnc(Cl)nc1N1CC[C@@H](CN2CCC3(CCC(NC(=O)O)CC3)CC2)C1)C(C)C. The van der Waals surface area contributed by atoms with E-state index < -0.39 is 11.9 Å². The molecule has 13 heteroatoms. The molecule has 2 aromatic rings. The molecule has 11 nitrogen and oxygen atoms in total. The molecule has 1 spiro atoms. The third-order valence-electron chi connectivity index (χ3n) is 9.73. The van der Waals surface area contributed by atoms with Gasteiger partial charge in [0.2, 0.25) is 5.28 Å². The van der Waals surface area contributed by atoms with Crippen molar-refractivity contribution in [1.29, 1.82) is 0 Å². The summed E-state index contributed by atoms with van der Waals surface area (Å²) in [4.78, 5) is 35.4. The maximum absolute atomic E-state index is 14.4. The van der Waals surface area contributed by atoms with Crippen molar-refractivity contribution in [3.8, 4) is 11.6 Å². The smallest absolute Gasteiger partial charge is 0.404 e. The van der Waals surface area contributed by atoms with Crippen LogP contribution in [0.3, 0.4) is 0 Å². The van der Waals surface area contributed by atoms with Gasteiger partial charge in [-0.1, -0.05) is 0 Å². The molecule has 1 aromatic carbocycles. The zero-order valence-electron chi connectivity index (χ0n) is 26.6. The molecular weight excluding hydrogens is 601 g/mol. The van der Waals surface area contributed by atoms with Gasteiger partial charge in [-0.3, -0.25) is 4.79 Å². The number of carbonyl (C=O) groups excluding carboxylic acids is 1. The number of ether oxygens (including phenoxy) is 1. The largest absolute Gasteiger partial charge is 0.465 e. The molecule has 0 bridgehead atoms. The number of carbonyl (C=O) groups is 2. The Hall–Kier alpha value is -3.25. The monoisotopic (exact) mass is 645 g/mol. The van der Waals surface area contributed by atoms with E-state index in [1.165, 1.54) is 18.2 Å². The Morgan fingerprint density at radius 1 is 1.09 bits per heavy atom. The van der Waals surface area contributed by atoms with Gasteiger partial charge < -0.3 is 29.9 Å². The fourth-order valence-electron chi connectivity index (χ4n) is 7.43. The van der Waals surface area contributed by atoms with Gasteiger partial charge in [-0.2, -0.15) is 4.98 Å². The van der Waals surface area contributed by atoms with E-state index in [0.717, 1.165) is 77.7 Å². The molecule has 3 aliphatic rings. The summed E-state index contributed by atoms with van der Waals surface area (Å²) in [5, 5.41) is 19.8. The lowest BCUT2D eigenvalue weighted by Crippen LogP contribution is -2.46. The van der Waals surface area contributed by atoms with Crippen molar-refractivity contribution in [2.24, 2.45) is 11.3 Å². The molecule has 0 radical (unpaired) electrons. The lowest BCUT2D eigenvalue weighted by molar-refractivity contribution is 0.0527. The van der Waals surface area contributed by atoms with Crippen molar-refractivity contribution < 1.29 is 23.8 Å². The number of likely N-dealkylation sites (tertiary alicyclic amines) is 1. The van der Waals surface area contributed by atoms with Crippen LogP contribution >= 0.6 is 11.6 Å². The van der Waals surface area contributed by atoms with E-state index in [2.05, 4.69) is 30.3 Å². The fourth-order valence-corrected chi connectivity index (χ4v) is 7.54. The molecule has 1 atom stereocenters. The van der Waals surface area contributed by atoms with Gasteiger partial charge in [-0.15, -0.1) is 10.2 Å². The average molecular weight is 646 g/mol. The normalized spacial score (nSPS) is 20.6. The first-order valence-electron chi connectivity index (χ1n) is 16.1. The standard InChI is InChI=1S/C32H45ClFN7O4/c1-20(2)41(21(3)4)29(42)25-17-23(34)5-6-26(25)45-28-27(36-30(33)38-37-28)40-14-9-22(19-40)18-39-15-12-32(13-16-39)10-7-24(8-11-32)35-31(43)44/h5-6,17,20-22,24,35H,7-16,18-19H2,1-4H3,(H,43,44)/t22-/m0/s1. The van der Waals surface area contributed by atoms with Crippen LogP contribution in [0.25, 0.3) is 0 Å². The molecule has 3 fully saturated rings. The molecule has 45 heavy (non-hydrogen) atoms. The minimum Gasteiger partial charge on any atom is -0.465 e. The van der Waals surface area contributed by atoms with Crippen LogP contribution in [0, 0.1) is 17.2 Å². The van der Waals surface area contributed by atoms with E-state index in [-0.39, 0.29) is 46.5 Å². The van der Waals surface area contributed by atoms with Crippen molar-refractivity contribution in [2.75, 3.05) is 37.6 Å². The molecule has 2 amide bonds. The molecule has 2 saturated heterocycles. The second kappa shape index (κ2) is 14.0. The molecule has 1 aromatic heterocycles. The number of piperidine rings is 1. The Bertz CT molecular complexity index is 1350. The number of aromatic nitrogens is 3. The predicted octanol–water partition coefficient (Wildman–Crippen LogP) is 5.83. The van der Waals surface area contributed by atoms with Crippen LogP contribution < -0.4 is 15.0 Å². The van der Waals surface area contributed by atoms with Crippen molar-refractivity contribution in [3.05, 3.63) is 34.9 Å². The summed E-state index contributed by atoms with van der Waals surface area (Å²) < 4.78 is 20.5. The maximum atomic E-state index is 14.4. The van der Waals surface area contributed by atoms with Crippen LogP contribution in [0.4, 0.5) is 15.0 Å². The molecule has 1 saturated carbocycles. The van der Waals surface area contributed by atoms with E-state index >= 15 is 0 Å². The van der Waals surface area contributed by atoms with E-state index in [1.54, 1.807) is 4.90 Å². The Labute approximate surface area is 269 Å². The van der Waals surface area contributed by atoms with Crippen LogP contribution in [0.1, 0.15) is 83.0 Å². The number of benzene rings is 1. The van der Waals surface area contributed by atoms with Crippen LogP contribution in [0.5, 0.6) is 11.6 Å². The molecule has 2 aliphatic heterocycles. The number of nitrogens with zero attached hydrogens (tertiary/aromatic N) is 6. The summed E-state index contributed by atoms with van der Waals surface area (Å²) in [6.45, 7) is 12.3. The molecule has 1 aliphatic carbocycles. The Kier molecular flexibility index (Phi) is 10.3. The highest BCUT2D eigenvalue weighted by Gasteiger charge is 2.39. The van der Waals surface area contributed by atoms with Crippen molar-refractivity contribution in [2.45, 2.75) is 90.8 Å². The van der Waals surface area contributed by atoms with Crippen LogP contribution in [-0.2, 0) is 0 Å². The number of nitrogens with one attached hydrogen (secondary N) is 1. The highest BCUT2D eigenvalue weighted by Crippen LogP contribution is 2.45. The number of hydrogen-bond acceptors (Lipinski definition) is 8. The van der Waals surface area contributed by atoms with Crippen LogP contribution in [0.15, 0.2) is 18.2 Å². The zero-order chi connectivity index (χ0) is 32.3. The highest BCUT2D eigenvalue weighted by molar-refractivity contribution is 6.28. The van der Waals surface area contributed by atoms with Gasteiger partial charge in [-0.05, 0) is 127 Å². The van der Waals surface area contributed by atoms with Crippen LogP contribution in [-0.4, -0.2) is 92.9 Å². The maximum Gasteiger partial charge on any atom is 0.404 e. The van der Waals surface area contributed by atoms with Gasteiger partial charge in [0, 0.05) is 37.8 Å². The van der Waals surface area contributed by atoms with Gasteiger partial charge in [-0.25, -0.2) is 9.18 Å². The minimum absolute atomic E-state index is 0.00315. The number of rotatable bonds is 9. The fraction of sp³-hybridized carbons (Fsp3) is 0.656. The first-order chi connectivity index (χ1) is 21.4. The quantitative estimate of drug-likeness (QED) is 0.346. The Morgan fingerprint density at radius 2 is 1.78 bits per heavy atom. The molecule has 0 unspecified atom stereocenters. The number of amides is 2. The van der Waals surface area contributed by atoms with E-state index in [1.807, 2.05) is 27.7 Å². The number of anilines is 1. The van der Waals surface area contributed by atoms with Gasteiger partial charge in [0.1, 0.15) is 11.6 Å². The lowest BCUT2D eigenvalue weighted by Gasteiger charge is -2.46. The van der Waals surface area contributed by atoms with Gasteiger partial charge in [0.25, 0.3) is 11.8 Å². The van der Waals surface area contributed by atoms with Crippen molar-refractivity contribution in [3.63, 3.8) is 0 Å². The zero-order valence-corrected chi connectivity index (χ0v) is 27.4. The summed E-state index contributed by atoms with van der Waals surface area (Å²) in [6.07, 6.45) is 6.36. The summed E-state index contributed by atoms with van der Waals surface area (Å²) in [7, 11) is 0. The third kappa shape index (κ3) is 7.95. The summed E-state index contributed by atoms with van der Waals surface area (Å²) >= 11 is 6.19. The lowest BCUT2D eigenvalue weighted by atomic mass is 9.67. The summed E-state index contributed by atoms with van der Waals surface area (Å²) in [5.74, 6) is 0.305. The Morgan fingerprint density at radius 3 is 2.42 bits per heavy atom. The molecule has 2 N–H and O–H groups in total. The topological polar surface area (TPSA) is 124 Å². The van der Waals surface area contributed by atoms with E-state index in [4.69, 9.17) is 21.4 Å². The van der Waals surface area contributed by atoms with Crippen molar-refractivity contribution in [1.82, 2.24) is 30.3 Å². The minimum atomic E-state index is -0.926. The molecular formula is C32H45ClFN7O4. The van der Waals surface area contributed by atoms with Crippen molar-refractivity contribution >= 4 is 29.4 Å². The highest BCUT2D eigenvalue weighted by atomic mass is 35.5. The van der Waals surface area contributed by atoms with E-state index in [0.29, 0.717) is 17.2 Å². The van der Waals surface area contributed by atoms with Gasteiger partial charge in [0.05, 0.1) is 5.56 Å². The number of carboxylic acid groups (broad SMARTS) is 1. The first-order valence-corrected chi connectivity index (χ1v) is 16.5. The average Bonchev–Trinajstić information content (AvgIpc) is 3.45. The van der Waals surface area contributed by atoms with Gasteiger partial charge in [0.15, 0.2) is 5.82 Å². The third-order valence-corrected chi connectivity index (χ3v) is 9.89. The molecule has 5 rings (SSSR count). The number of halogens is 2. The molecule has 246 valence electrons. The Balaban J connectivity index is 1.23. The number of hydrogen-bond donors (Lipinski definition) is 2.